The van der Waals surface area contributed by atoms with Crippen LogP contribution in [0.2, 0.25) is 0 Å². The second-order valence-corrected chi connectivity index (χ2v) is 7.28. The van der Waals surface area contributed by atoms with Crippen LogP contribution in [0.3, 0.4) is 0 Å². The molecule has 2 aromatic heterocycles. The van der Waals surface area contributed by atoms with Gasteiger partial charge in [0.25, 0.3) is 10.8 Å². The summed E-state index contributed by atoms with van der Waals surface area (Å²) in [6, 6.07) is 19.7. The molecule has 0 saturated heterocycles. The number of thioether (sulfide) groups is 1. The van der Waals surface area contributed by atoms with E-state index in [1.54, 1.807) is 8.97 Å². The number of benzene rings is 2. The summed E-state index contributed by atoms with van der Waals surface area (Å²) in [5, 5.41) is 15.0. The SMILES string of the molecule is CCSC(=O)c1c([O-])[n+](Cc2ccccc2)c2c3ccccc3ccn12. The third-order valence-electron chi connectivity index (χ3n) is 4.43. The summed E-state index contributed by atoms with van der Waals surface area (Å²) in [6.45, 7) is 2.34. The molecular formula is C21H18N2O2S. The first kappa shape index (κ1) is 16.7. The predicted molar refractivity (Wildman–Crippen MR) is 103 cm³/mol. The van der Waals surface area contributed by atoms with Crippen molar-refractivity contribution in [1.82, 2.24) is 4.40 Å². The summed E-state index contributed by atoms with van der Waals surface area (Å²) in [6.07, 6.45) is 1.82. The number of imidazole rings is 1. The molecule has 2 aromatic carbocycles. The number of nitrogens with zero attached hydrogens (tertiary/aromatic N) is 2. The van der Waals surface area contributed by atoms with Crippen molar-refractivity contribution in [1.29, 1.82) is 0 Å². The molecule has 0 aliphatic rings. The highest BCUT2D eigenvalue weighted by atomic mass is 32.2. The molecule has 0 aliphatic carbocycles. The molecule has 0 aliphatic heterocycles. The molecule has 0 saturated carbocycles. The Labute approximate surface area is 155 Å². The Kier molecular flexibility index (Phi) is 4.39. The van der Waals surface area contributed by atoms with Gasteiger partial charge in [-0.05, 0) is 28.8 Å². The highest BCUT2D eigenvalue weighted by Crippen LogP contribution is 2.26. The van der Waals surface area contributed by atoms with E-state index in [2.05, 4.69) is 0 Å². The van der Waals surface area contributed by atoms with Crippen molar-refractivity contribution in [3.8, 4) is 5.88 Å². The van der Waals surface area contributed by atoms with Crippen LogP contribution in [0.25, 0.3) is 16.4 Å². The van der Waals surface area contributed by atoms with Gasteiger partial charge in [-0.1, -0.05) is 67.2 Å². The van der Waals surface area contributed by atoms with Crippen molar-refractivity contribution in [2.75, 3.05) is 5.75 Å². The smallest absolute Gasteiger partial charge is 0.294 e. The lowest BCUT2D eigenvalue weighted by Crippen LogP contribution is -2.37. The lowest BCUT2D eigenvalue weighted by Gasteiger charge is -2.07. The van der Waals surface area contributed by atoms with E-state index in [0.717, 1.165) is 22.0 Å². The molecule has 0 atom stereocenters. The van der Waals surface area contributed by atoms with Crippen LogP contribution in [0.4, 0.5) is 0 Å². The highest BCUT2D eigenvalue weighted by Gasteiger charge is 2.27. The molecule has 0 unspecified atom stereocenters. The van der Waals surface area contributed by atoms with E-state index in [-0.39, 0.29) is 16.7 Å². The summed E-state index contributed by atoms with van der Waals surface area (Å²) in [4.78, 5) is 12.6. The lowest BCUT2D eigenvalue weighted by molar-refractivity contribution is -0.704. The summed E-state index contributed by atoms with van der Waals surface area (Å²) in [7, 11) is 0. The van der Waals surface area contributed by atoms with Gasteiger partial charge in [0.05, 0.1) is 11.6 Å². The third-order valence-corrected chi connectivity index (χ3v) is 5.17. The van der Waals surface area contributed by atoms with Crippen molar-refractivity contribution in [3.05, 3.63) is 78.1 Å². The molecule has 0 radical (unpaired) electrons. The van der Waals surface area contributed by atoms with Crippen LogP contribution in [0.15, 0.2) is 66.9 Å². The molecule has 0 fully saturated rings. The minimum atomic E-state index is -0.240. The van der Waals surface area contributed by atoms with E-state index in [0.29, 0.717) is 12.3 Å². The normalized spacial score (nSPS) is 11.3. The zero-order valence-electron chi connectivity index (χ0n) is 14.4. The summed E-state index contributed by atoms with van der Waals surface area (Å²) in [5.41, 5.74) is 2.00. The molecule has 5 heteroatoms. The van der Waals surface area contributed by atoms with Gasteiger partial charge in [-0.25, -0.2) is 4.57 Å². The Balaban J connectivity index is 2.03. The van der Waals surface area contributed by atoms with Gasteiger partial charge in [-0.3, -0.25) is 4.79 Å². The number of carbonyl (C=O) groups is 1. The van der Waals surface area contributed by atoms with Crippen LogP contribution in [0.1, 0.15) is 23.0 Å². The van der Waals surface area contributed by atoms with Crippen LogP contribution in [-0.2, 0) is 6.54 Å². The fourth-order valence-electron chi connectivity index (χ4n) is 3.28. The van der Waals surface area contributed by atoms with E-state index in [9.17, 15) is 9.90 Å². The first-order chi connectivity index (χ1) is 12.7. The third kappa shape index (κ3) is 2.74. The standard InChI is InChI=1S/C21H18N2O2S/c1-2-26-21(25)18-20(24)23(14-15-8-4-3-5-9-15)19-17-11-7-6-10-16(17)12-13-22(18)19/h3-13H,2,14H2,1H3. The second kappa shape index (κ2) is 6.84. The number of hydrogen-bond donors (Lipinski definition) is 0. The van der Waals surface area contributed by atoms with Crippen LogP contribution in [0, 0.1) is 0 Å². The van der Waals surface area contributed by atoms with Gasteiger partial charge in [-0.15, -0.1) is 0 Å². The summed E-state index contributed by atoms with van der Waals surface area (Å²) in [5.74, 6) is 0.397. The maximum absolute atomic E-state index is 13.2. The monoisotopic (exact) mass is 362 g/mol. The quantitative estimate of drug-likeness (QED) is 0.523. The van der Waals surface area contributed by atoms with Gasteiger partial charge in [0.15, 0.2) is 0 Å². The fourth-order valence-corrected chi connectivity index (χ4v) is 3.87. The van der Waals surface area contributed by atoms with Crippen LogP contribution < -0.4 is 9.67 Å². The number of fused-ring (bicyclic) bond motifs is 3. The van der Waals surface area contributed by atoms with Gasteiger partial charge in [0.1, 0.15) is 12.4 Å². The Morgan fingerprint density at radius 3 is 2.58 bits per heavy atom. The molecule has 26 heavy (non-hydrogen) atoms. The number of carbonyl (C=O) groups excluding carboxylic acids is 1. The van der Waals surface area contributed by atoms with Crippen molar-refractivity contribution in [2.45, 2.75) is 13.5 Å². The Bertz CT molecular complexity index is 1100. The predicted octanol–water partition coefficient (Wildman–Crippen LogP) is 3.40. The average Bonchev–Trinajstić information content (AvgIpc) is 2.95. The van der Waals surface area contributed by atoms with Crippen LogP contribution in [-0.4, -0.2) is 15.3 Å². The van der Waals surface area contributed by atoms with Crippen molar-refractivity contribution in [2.24, 2.45) is 0 Å². The van der Waals surface area contributed by atoms with Crippen LogP contribution >= 0.6 is 11.8 Å². The maximum Gasteiger partial charge on any atom is 0.294 e. The van der Waals surface area contributed by atoms with Gasteiger partial charge < -0.3 is 5.11 Å². The topological polar surface area (TPSA) is 48.4 Å². The minimum Gasteiger partial charge on any atom is -0.839 e. The molecule has 0 spiro atoms. The first-order valence-electron chi connectivity index (χ1n) is 8.54. The van der Waals surface area contributed by atoms with Crippen molar-refractivity contribution < 1.29 is 14.5 Å². The molecular weight excluding hydrogens is 344 g/mol. The summed E-state index contributed by atoms with van der Waals surface area (Å²) >= 11 is 1.17. The summed E-state index contributed by atoms with van der Waals surface area (Å²) < 4.78 is 3.46. The Morgan fingerprint density at radius 1 is 1.08 bits per heavy atom. The molecule has 2 heterocycles. The second-order valence-electron chi connectivity index (χ2n) is 6.04. The average molecular weight is 362 g/mol. The number of hydrogen-bond acceptors (Lipinski definition) is 3. The molecule has 4 rings (SSSR count). The van der Waals surface area contributed by atoms with Gasteiger partial charge in [0.2, 0.25) is 5.69 Å². The number of pyridine rings is 1. The zero-order chi connectivity index (χ0) is 18.1. The number of aromatic nitrogens is 2. The minimum absolute atomic E-state index is 0.186. The van der Waals surface area contributed by atoms with E-state index in [1.807, 2.05) is 73.8 Å². The number of rotatable bonds is 4. The van der Waals surface area contributed by atoms with Crippen LogP contribution in [0.5, 0.6) is 5.88 Å². The van der Waals surface area contributed by atoms with E-state index in [4.69, 9.17) is 0 Å². The van der Waals surface area contributed by atoms with Gasteiger partial charge >= 0.3 is 0 Å². The van der Waals surface area contributed by atoms with E-state index in [1.165, 1.54) is 11.8 Å². The van der Waals surface area contributed by atoms with Gasteiger partial charge in [-0.2, -0.15) is 4.40 Å². The zero-order valence-corrected chi connectivity index (χ0v) is 15.2. The lowest BCUT2D eigenvalue weighted by atomic mass is 10.1. The fraction of sp³-hybridized carbons (Fsp3) is 0.143. The Morgan fingerprint density at radius 2 is 1.81 bits per heavy atom. The Hall–Kier alpha value is -2.79. The van der Waals surface area contributed by atoms with Crippen molar-refractivity contribution in [3.63, 3.8) is 0 Å². The van der Waals surface area contributed by atoms with E-state index < -0.39 is 0 Å². The first-order valence-corrected chi connectivity index (χ1v) is 9.53. The molecule has 4 aromatic rings. The molecule has 130 valence electrons. The van der Waals surface area contributed by atoms with Gasteiger partial charge in [0, 0.05) is 0 Å². The largest absolute Gasteiger partial charge is 0.839 e. The highest BCUT2D eigenvalue weighted by molar-refractivity contribution is 8.14. The molecule has 0 amide bonds. The van der Waals surface area contributed by atoms with E-state index >= 15 is 0 Å². The molecule has 0 N–H and O–H groups in total. The maximum atomic E-state index is 13.2. The molecule has 4 nitrogen and oxygen atoms in total. The molecule has 0 bridgehead atoms. The van der Waals surface area contributed by atoms with Crippen molar-refractivity contribution >= 4 is 33.3 Å².